The van der Waals surface area contributed by atoms with Gasteiger partial charge in [-0.1, -0.05) is 24.3 Å². The number of hydrogen-bond donors (Lipinski definition) is 3. The zero-order chi connectivity index (χ0) is 24.3. The van der Waals surface area contributed by atoms with Crippen LogP contribution in [0, 0.1) is 5.41 Å². The fourth-order valence-electron chi connectivity index (χ4n) is 4.46. The minimum atomic E-state index is -3.49. The summed E-state index contributed by atoms with van der Waals surface area (Å²) < 4.78 is 33.8. The van der Waals surface area contributed by atoms with Crippen molar-refractivity contribution in [3.05, 3.63) is 71.3 Å². The number of nitrogens with one attached hydrogen (secondary N) is 2. The fourth-order valence-corrected chi connectivity index (χ4v) is 5.80. The van der Waals surface area contributed by atoms with E-state index in [1.54, 1.807) is 11.2 Å². The van der Waals surface area contributed by atoms with E-state index in [0.29, 0.717) is 24.3 Å². The van der Waals surface area contributed by atoms with Gasteiger partial charge in [0.15, 0.2) is 0 Å². The van der Waals surface area contributed by atoms with Gasteiger partial charge in [0.1, 0.15) is 11.6 Å². The molecular weight excluding hydrogens is 519 g/mol. The molecule has 1 aliphatic rings. The number of nitrogen functional groups attached to an aromatic ring is 1. The van der Waals surface area contributed by atoms with E-state index in [9.17, 15) is 8.42 Å². The summed E-state index contributed by atoms with van der Waals surface area (Å²) in [6.07, 6.45) is 2.57. The summed E-state index contributed by atoms with van der Waals surface area (Å²) in [5.74, 6) is 0.797. The molecule has 1 unspecified atom stereocenters. The van der Waals surface area contributed by atoms with Crippen LogP contribution in [0.25, 0.3) is 10.8 Å². The Labute approximate surface area is 225 Å². The number of amidine groups is 1. The molecule has 0 bridgehead atoms. The number of anilines is 1. The maximum Gasteiger partial charge on any atom is 0.235 e. The topological polar surface area (TPSA) is 109 Å². The van der Waals surface area contributed by atoms with Gasteiger partial charge in [0.2, 0.25) is 10.0 Å². The third kappa shape index (κ3) is 6.24. The predicted molar refractivity (Wildman–Crippen MR) is 153 cm³/mol. The fraction of sp³-hybridized carbons (Fsp3) is 0.346. The SMILES string of the molecule is CCS(=O)(=O)N1c2ccc(OCCCCNC)cc2CC1c1ccc2ccc(C(=N)N)cc2c1.Cl.Cl. The van der Waals surface area contributed by atoms with Crippen LogP contribution in [0.5, 0.6) is 5.75 Å². The molecule has 1 heterocycles. The van der Waals surface area contributed by atoms with Gasteiger partial charge >= 0.3 is 0 Å². The summed E-state index contributed by atoms with van der Waals surface area (Å²) in [4.78, 5) is 0. The average molecular weight is 554 g/mol. The molecule has 0 aliphatic carbocycles. The van der Waals surface area contributed by atoms with Gasteiger partial charge < -0.3 is 15.8 Å². The molecule has 4 N–H and O–H groups in total. The van der Waals surface area contributed by atoms with E-state index >= 15 is 0 Å². The van der Waals surface area contributed by atoms with Gasteiger partial charge in [-0.05, 0) is 85.6 Å². The number of nitrogens with two attached hydrogens (primary N) is 1. The number of benzene rings is 3. The Morgan fingerprint density at radius 1 is 1.08 bits per heavy atom. The third-order valence-electron chi connectivity index (χ3n) is 6.30. The van der Waals surface area contributed by atoms with Crippen molar-refractivity contribution in [3.8, 4) is 5.75 Å². The van der Waals surface area contributed by atoms with Gasteiger partial charge in [-0.3, -0.25) is 9.71 Å². The van der Waals surface area contributed by atoms with Gasteiger partial charge in [-0.2, -0.15) is 0 Å². The zero-order valence-corrected chi connectivity index (χ0v) is 22.9. The number of unbranched alkanes of at least 4 members (excludes halogenated alkanes) is 1. The lowest BCUT2D eigenvalue weighted by Gasteiger charge is -2.27. The van der Waals surface area contributed by atoms with Crippen molar-refractivity contribution in [1.82, 2.24) is 5.32 Å². The maximum absolute atomic E-state index is 13.2. The lowest BCUT2D eigenvalue weighted by molar-refractivity contribution is 0.306. The number of nitrogens with zero attached hydrogens (tertiary/aromatic N) is 1. The van der Waals surface area contributed by atoms with Crippen LogP contribution in [0.4, 0.5) is 5.69 Å². The summed E-state index contributed by atoms with van der Waals surface area (Å²) in [5.41, 5.74) is 8.91. The molecule has 196 valence electrons. The summed E-state index contributed by atoms with van der Waals surface area (Å²) in [6.45, 7) is 3.26. The lowest BCUT2D eigenvalue weighted by atomic mass is 9.98. The van der Waals surface area contributed by atoms with E-state index in [4.69, 9.17) is 15.9 Å². The number of sulfonamides is 1. The molecule has 0 amide bonds. The molecule has 0 aromatic heterocycles. The van der Waals surface area contributed by atoms with Gasteiger partial charge in [-0.15, -0.1) is 24.8 Å². The standard InChI is InChI=1S/C26H32N4O3S.2ClH/c1-3-34(31,32)30-24-11-10-23(33-13-5-4-12-29-2)16-22(24)17-25(30)19-8-6-18-7-9-20(26(27)28)15-21(18)14-19;;/h6-11,14-16,25,29H,3-5,12-13,17H2,1-2H3,(H3,27,28);2*1H. The van der Waals surface area contributed by atoms with E-state index in [-0.39, 0.29) is 42.4 Å². The second kappa shape index (κ2) is 12.6. The van der Waals surface area contributed by atoms with Crippen LogP contribution in [-0.2, 0) is 16.4 Å². The van der Waals surface area contributed by atoms with Crippen LogP contribution < -0.4 is 20.1 Å². The summed E-state index contributed by atoms with van der Waals surface area (Å²) in [6, 6.07) is 17.0. The number of rotatable bonds is 10. The molecule has 3 aromatic rings. The number of halogens is 2. The molecule has 7 nitrogen and oxygen atoms in total. The Morgan fingerprint density at radius 3 is 2.53 bits per heavy atom. The Balaban J connectivity index is 0.00000228. The third-order valence-corrected chi connectivity index (χ3v) is 8.08. The van der Waals surface area contributed by atoms with Gasteiger partial charge in [0, 0.05) is 12.0 Å². The van der Waals surface area contributed by atoms with E-state index in [1.165, 1.54) is 0 Å². The average Bonchev–Trinajstić information content (AvgIpc) is 3.23. The number of ether oxygens (including phenoxy) is 1. The highest BCUT2D eigenvalue weighted by atomic mass is 35.5. The molecule has 0 saturated carbocycles. The second-order valence-corrected chi connectivity index (χ2v) is 10.7. The molecule has 1 aliphatic heterocycles. The molecule has 0 spiro atoms. The van der Waals surface area contributed by atoms with Crippen molar-refractivity contribution < 1.29 is 13.2 Å². The first-order chi connectivity index (χ1) is 16.3. The highest BCUT2D eigenvalue weighted by Crippen LogP contribution is 2.44. The molecule has 4 rings (SSSR count). The summed E-state index contributed by atoms with van der Waals surface area (Å²) in [5, 5.41) is 12.8. The van der Waals surface area contributed by atoms with Crippen molar-refractivity contribution in [1.29, 1.82) is 5.41 Å². The Morgan fingerprint density at radius 2 is 1.83 bits per heavy atom. The highest BCUT2D eigenvalue weighted by molar-refractivity contribution is 7.92. The van der Waals surface area contributed by atoms with Crippen molar-refractivity contribution >= 4 is 57.1 Å². The molecular formula is C26H34Cl2N4O3S. The summed E-state index contributed by atoms with van der Waals surface area (Å²) in [7, 11) is -1.56. The number of fused-ring (bicyclic) bond motifs is 2. The molecule has 0 fully saturated rings. The van der Waals surface area contributed by atoms with E-state index in [2.05, 4.69) is 5.32 Å². The van der Waals surface area contributed by atoms with Gasteiger partial charge in [0.05, 0.1) is 24.1 Å². The zero-order valence-electron chi connectivity index (χ0n) is 20.5. The minimum absolute atomic E-state index is 0. The van der Waals surface area contributed by atoms with E-state index in [0.717, 1.165) is 47.0 Å². The normalized spacial score (nSPS) is 14.6. The van der Waals surface area contributed by atoms with Gasteiger partial charge in [0.25, 0.3) is 0 Å². The predicted octanol–water partition coefficient (Wildman–Crippen LogP) is 4.80. The molecule has 0 radical (unpaired) electrons. The highest BCUT2D eigenvalue weighted by Gasteiger charge is 2.37. The van der Waals surface area contributed by atoms with Crippen LogP contribution in [0.2, 0.25) is 0 Å². The summed E-state index contributed by atoms with van der Waals surface area (Å²) >= 11 is 0. The molecule has 10 heteroatoms. The largest absolute Gasteiger partial charge is 0.494 e. The quantitative estimate of drug-likeness (QED) is 0.190. The number of hydrogen-bond acceptors (Lipinski definition) is 5. The monoisotopic (exact) mass is 552 g/mol. The van der Waals surface area contributed by atoms with Crippen LogP contribution in [0.1, 0.15) is 42.5 Å². The van der Waals surface area contributed by atoms with Crippen LogP contribution >= 0.6 is 24.8 Å². The molecule has 0 saturated heterocycles. The molecule has 36 heavy (non-hydrogen) atoms. The minimum Gasteiger partial charge on any atom is -0.494 e. The smallest absolute Gasteiger partial charge is 0.235 e. The first-order valence-corrected chi connectivity index (χ1v) is 13.3. The first-order valence-electron chi connectivity index (χ1n) is 11.6. The van der Waals surface area contributed by atoms with Crippen molar-refractivity contribution in [2.75, 3.05) is 30.3 Å². The van der Waals surface area contributed by atoms with Crippen LogP contribution in [-0.4, -0.2) is 40.2 Å². The van der Waals surface area contributed by atoms with Gasteiger partial charge in [-0.25, -0.2) is 8.42 Å². The van der Waals surface area contributed by atoms with Crippen LogP contribution in [0.3, 0.4) is 0 Å². The lowest BCUT2D eigenvalue weighted by Crippen LogP contribution is -2.33. The Bertz CT molecular complexity index is 1320. The van der Waals surface area contributed by atoms with E-state index in [1.807, 2.05) is 61.6 Å². The molecule has 3 aromatic carbocycles. The van der Waals surface area contributed by atoms with Crippen molar-refractivity contribution in [2.24, 2.45) is 5.73 Å². The van der Waals surface area contributed by atoms with Crippen molar-refractivity contribution in [3.63, 3.8) is 0 Å². The molecule has 1 atom stereocenters. The Kier molecular flexibility index (Phi) is 10.4. The maximum atomic E-state index is 13.2. The second-order valence-electron chi connectivity index (χ2n) is 8.60. The van der Waals surface area contributed by atoms with E-state index < -0.39 is 10.0 Å². The Hall–Kier alpha value is -2.52. The van der Waals surface area contributed by atoms with Crippen molar-refractivity contribution in [2.45, 2.75) is 32.2 Å². The first kappa shape index (κ1) is 29.7. The van der Waals surface area contributed by atoms with Crippen LogP contribution in [0.15, 0.2) is 54.6 Å².